The fourth-order valence-corrected chi connectivity index (χ4v) is 4.41. The summed E-state index contributed by atoms with van der Waals surface area (Å²) in [5.74, 6) is 1.23. The maximum absolute atomic E-state index is 6.20. The highest BCUT2D eigenvalue weighted by Gasteiger charge is 2.48. The quantitative estimate of drug-likeness (QED) is 0.691. The summed E-state index contributed by atoms with van der Waals surface area (Å²) in [6, 6.07) is 12.3. The number of aromatic nitrogens is 2. The minimum atomic E-state index is -0.806. The Balaban J connectivity index is 1.53. The highest BCUT2D eigenvalue weighted by molar-refractivity contribution is 5.78. The van der Waals surface area contributed by atoms with E-state index in [0.29, 0.717) is 31.5 Å². The van der Waals surface area contributed by atoms with Gasteiger partial charge in [0.1, 0.15) is 12.4 Å². The summed E-state index contributed by atoms with van der Waals surface area (Å²) in [6.07, 6.45) is 8.39. The number of nitrogens with two attached hydrogens (primary N) is 1. The molecule has 6 rings (SSSR count). The zero-order valence-corrected chi connectivity index (χ0v) is 16.7. The summed E-state index contributed by atoms with van der Waals surface area (Å²) in [5, 5.41) is 0. The van der Waals surface area contributed by atoms with E-state index in [9.17, 15) is 0 Å². The first-order valence-corrected chi connectivity index (χ1v) is 10.2. The second kappa shape index (κ2) is 6.92. The molecule has 3 aromatic rings. The van der Waals surface area contributed by atoms with Crippen LogP contribution >= 0.6 is 0 Å². The number of hydrogen-bond acceptors (Lipinski definition) is 7. The molecule has 7 heteroatoms. The van der Waals surface area contributed by atoms with E-state index in [2.05, 4.69) is 28.2 Å². The molecule has 3 aliphatic heterocycles. The number of hydrogen-bond donors (Lipinski definition) is 1. The number of rotatable bonds is 2. The van der Waals surface area contributed by atoms with Crippen LogP contribution in [0.4, 0.5) is 0 Å². The Bertz CT molecular complexity index is 1240. The van der Waals surface area contributed by atoms with Gasteiger partial charge < -0.3 is 19.9 Å². The molecule has 0 amide bonds. The molecule has 154 valence electrons. The average Bonchev–Trinajstić information content (AvgIpc) is 3.22. The number of nitrogens with zero attached hydrogens (tertiary/aromatic N) is 3. The van der Waals surface area contributed by atoms with Crippen LogP contribution in [0.15, 0.2) is 66.1 Å². The molecule has 0 fully saturated rings. The van der Waals surface area contributed by atoms with E-state index in [-0.39, 0.29) is 6.02 Å². The fourth-order valence-electron chi connectivity index (χ4n) is 4.41. The van der Waals surface area contributed by atoms with Crippen LogP contribution in [0.2, 0.25) is 0 Å². The standard InChI is InChI=1S/C24H20N4O3/c25-23-28-24(14-30-23)19-10-16(17-2-1-7-26-12-17)3-4-21(19)31-22-20(24)11-18(13-27-22)15-5-8-29-9-6-15/h1-5,7,10-13H,6,8-9,14H2,(H2,25,28)/t24-/m0/s1. The molecule has 1 atom stereocenters. The van der Waals surface area contributed by atoms with Gasteiger partial charge in [-0.3, -0.25) is 4.98 Å². The Morgan fingerprint density at radius 2 is 1.94 bits per heavy atom. The van der Waals surface area contributed by atoms with Gasteiger partial charge in [-0.1, -0.05) is 18.2 Å². The molecule has 3 aliphatic rings. The summed E-state index contributed by atoms with van der Waals surface area (Å²) < 4.78 is 17.3. The van der Waals surface area contributed by atoms with Gasteiger partial charge in [0.2, 0.25) is 5.88 Å². The van der Waals surface area contributed by atoms with Crippen LogP contribution in [0.1, 0.15) is 23.1 Å². The minimum Gasteiger partial charge on any atom is -0.462 e. The number of ether oxygens (including phenoxy) is 3. The molecular formula is C24H20N4O3. The third-order valence-electron chi connectivity index (χ3n) is 5.99. The monoisotopic (exact) mass is 412 g/mol. The zero-order chi connectivity index (χ0) is 20.8. The number of benzene rings is 1. The van der Waals surface area contributed by atoms with Crippen LogP contribution in [-0.4, -0.2) is 35.8 Å². The Kier molecular flexibility index (Phi) is 4.04. The van der Waals surface area contributed by atoms with Crippen molar-refractivity contribution in [3.05, 3.63) is 77.8 Å². The maximum Gasteiger partial charge on any atom is 0.283 e. The highest BCUT2D eigenvalue weighted by atomic mass is 16.5. The van der Waals surface area contributed by atoms with Crippen LogP contribution in [0, 0.1) is 0 Å². The first kappa shape index (κ1) is 18.1. The molecule has 0 saturated heterocycles. The van der Waals surface area contributed by atoms with Gasteiger partial charge in [0.25, 0.3) is 6.02 Å². The van der Waals surface area contributed by atoms with Crippen LogP contribution in [0.25, 0.3) is 16.7 Å². The van der Waals surface area contributed by atoms with Crippen molar-refractivity contribution in [2.75, 3.05) is 19.8 Å². The Morgan fingerprint density at radius 3 is 2.71 bits per heavy atom. The van der Waals surface area contributed by atoms with Gasteiger partial charge in [-0.05, 0) is 47.4 Å². The van der Waals surface area contributed by atoms with E-state index in [1.165, 1.54) is 5.57 Å². The third-order valence-corrected chi connectivity index (χ3v) is 5.99. The number of amidine groups is 1. The second-order valence-corrected chi connectivity index (χ2v) is 7.78. The SMILES string of the molecule is NC1=N[C@@]2(CO1)c1cc(-c3cccnc3)ccc1Oc1ncc(C3=CCOCC3)cc12. The van der Waals surface area contributed by atoms with Crippen molar-refractivity contribution in [1.82, 2.24) is 9.97 Å². The first-order chi connectivity index (χ1) is 15.2. The van der Waals surface area contributed by atoms with Gasteiger partial charge in [-0.2, -0.15) is 0 Å². The molecule has 1 aromatic carbocycles. The summed E-state index contributed by atoms with van der Waals surface area (Å²) in [4.78, 5) is 13.7. The van der Waals surface area contributed by atoms with E-state index in [1.54, 1.807) is 6.20 Å². The normalized spacial score (nSPS) is 21.4. The van der Waals surface area contributed by atoms with Crippen molar-refractivity contribution < 1.29 is 14.2 Å². The van der Waals surface area contributed by atoms with Crippen LogP contribution in [-0.2, 0) is 15.0 Å². The van der Waals surface area contributed by atoms with E-state index in [4.69, 9.17) is 24.9 Å². The number of aliphatic imine (C=N–C) groups is 1. The fraction of sp³-hybridized carbons (Fsp3) is 0.208. The molecular weight excluding hydrogens is 392 g/mol. The lowest BCUT2D eigenvalue weighted by Gasteiger charge is -2.33. The number of pyridine rings is 2. The Labute approximate surface area is 179 Å². The minimum absolute atomic E-state index is 0.168. The molecule has 7 nitrogen and oxygen atoms in total. The summed E-state index contributed by atoms with van der Waals surface area (Å²) >= 11 is 0. The zero-order valence-electron chi connectivity index (χ0n) is 16.7. The van der Waals surface area contributed by atoms with E-state index in [0.717, 1.165) is 34.2 Å². The lowest BCUT2D eigenvalue weighted by atomic mass is 9.80. The largest absolute Gasteiger partial charge is 0.462 e. The van der Waals surface area contributed by atoms with Crippen molar-refractivity contribution in [3.63, 3.8) is 0 Å². The van der Waals surface area contributed by atoms with Gasteiger partial charge in [0, 0.05) is 29.7 Å². The number of fused-ring (bicyclic) bond motifs is 4. The van der Waals surface area contributed by atoms with Crippen molar-refractivity contribution >= 4 is 11.6 Å². The van der Waals surface area contributed by atoms with Gasteiger partial charge in [0.05, 0.1) is 18.8 Å². The van der Waals surface area contributed by atoms with Crippen molar-refractivity contribution in [2.24, 2.45) is 10.7 Å². The molecule has 2 aromatic heterocycles. The maximum atomic E-state index is 6.20. The Morgan fingerprint density at radius 1 is 1.00 bits per heavy atom. The first-order valence-electron chi connectivity index (χ1n) is 10.2. The molecule has 0 aliphatic carbocycles. The summed E-state index contributed by atoms with van der Waals surface area (Å²) in [6.45, 7) is 1.61. The molecule has 0 saturated carbocycles. The summed E-state index contributed by atoms with van der Waals surface area (Å²) in [7, 11) is 0. The molecule has 31 heavy (non-hydrogen) atoms. The predicted octanol–water partition coefficient (Wildman–Crippen LogP) is 3.64. The molecule has 0 radical (unpaired) electrons. The molecule has 1 spiro atoms. The Hall–Kier alpha value is -3.71. The molecule has 2 N–H and O–H groups in total. The van der Waals surface area contributed by atoms with E-state index in [1.807, 2.05) is 36.7 Å². The second-order valence-electron chi connectivity index (χ2n) is 7.78. The van der Waals surface area contributed by atoms with Gasteiger partial charge in [0.15, 0.2) is 5.54 Å². The van der Waals surface area contributed by atoms with E-state index < -0.39 is 5.54 Å². The summed E-state index contributed by atoms with van der Waals surface area (Å²) in [5.41, 5.74) is 11.3. The average molecular weight is 412 g/mol. The van der Waals surface area contributed by atoms with Gasteiger partial charge in [-0.15, -0.1) is 0 Å². The molecule has 0 bridgehead atoms. The van der Waals surface area contributed by atoms with Crippen molar-refractivity contribution in [1.29, 1.82) is 0 Å². The lowest BCUT2D eigenvalue weighted by Crippen LogP contribution is -2.31. The van der Waals surface area contributed by atoms with Gasteiger partial charge in [-0.25, -0.2) is 9.98 Å². The van der Waals surface area contributed by atoms with Crippen molar-refractivity contribution in [3.8, 4) is 22.8 Å². The van der Waals surface area contributed by atoms with Crippen molar-refractivity contribution in [2.45, 2.75) is 12.0 Å². The molecule has 5 heterocycles. The topological polar surface area (TPSA) is 91.9 Å². The van der Waals surface area contributed by atoms with Crippen LogP contribution in [0.3, 0.4) is 0 Å². The van der Waals surface area contributed by atoms with Crippen LogP contribution < -0.4 is 10.5 Å². The molecule has 0 unspecified atom stereocenters. The third kappa shape index (κ3) is 2.89. The predicted molar refractivity (Wildman–Crippen MR) is 116 cm³/mol. The van der Waals surface area contributed by atoms with E-state index >= 15 is 0 Å². The smallest absolute Gasteiger partial charge is 0.283 e. The van der Waals surface area contributed by atoms with Crippen LogP contribution in [0.5, 0.6) is 11.6 Å². The van der Waals surface area contributed by atoms with Gasteiger partial charge >= 0.3 is 0 Å². The highest BCUT2D eigenvalue weighted by Crippen LogP contribution is 2.51. The lowest BCUT2D eigenvalue weighted by molar-refractivity contribution is 0.161.